The average molecular weight is 339 g/mol. The molecule has 1 N–H and O–H groups in total. The van der Waals surface area contributed by atoms with Gasteiger partial charge in [-0.25, -0.2) is 0 Å². The third kappa shape index (κ3) is 4.78. The number of nitrogens with one attached hydrogen (secondary N) is 1. The van der Waals surface area contributed by atoms with Crippen molar-refractivity contribution in [3.8, 4) is 0 Å². The van der Waals surface area contributed by atoms with E-state index in [1.165, 1.54) is 0 Å². The predicted molar refractivity (Wildman–Crippen MR) is 96.3 cm³/mol. The maximum absolute atomic E-state index is 12.5. The van der Waals surface area contributed by atoms with Crippen molar-refractivity contribution < 1.29 is 9.53 Å². The van der Waals surface area contributed by atoms with Gasteiger partial charge < -0.3 is 10.1 Å². The van der Waals surface area contributed by atoms with E-state index in [-0.39, 0.29) is 5.91 Å². The van der Waals surface area contributed by atoms with Crippen LogP contribution in [0, 0.1) is 5.92 Å². The van der Waals surface area contributed by atoms with Crippen LogP contribution in [-0.2, 0) is 11.2 Å². The lowest BCUT2D eigenvalue weighted by atomic mass is 9.92. The molecule has 1 aromatic heterocycles. The molecule has 2 rings (SSSR count). The molecular weight excluding hydrogens is 308 g/mol. The molecule has 4 nitrogen and oxygen atoms in total. The van der Waals surface area contributed by atoms with Crippen LogP contribution < -0.4 is 5.32 Å². The first kappa shape index (κ1) is 18.4. The Balaban J connectivity index is 2.00. The maximum Gasteiger partial charge on any atom is 0.261 e. The lowest BCUT2D eigenvalue weighted by Crippen LogP contribution is -2.52. The van der Waals surface area contributed by atoms with Gasteiger partial charge in [0.15, 0.2) is 0 Å². The Morgan fingerprint density at radius 1 is 1.30 bits per heavy atom. The number of ether oxygens (including phenoxy) is 1. The molecule has 1 saturated heterocycles. The SMILES string of the molecule is CCc1ccsc1C(=O)NCC(C(CC)CC)N1CCOCC1. The van der Waals surface area contributed by atoms with Crippen LogP contribution in [0.15, 0.2) is 11.4 Å². The summed E-state index contributed by atoms with van der Waals surface area (Å²) in [5.41, 5.74) is 1.15. The highest BCUT2D eigenvalue weighted by Gasteiger charge is 2.27. The van der Waals surface area contributed by atoms with Crippen LogP contribution >= 0.6 is 11.3 Å². The minimum absolute atomic E-state index is 0.0843. The molecule has 0 spiro atoms. The summed E-state index contributed by atoms with van der Waals surface area (Å²) in [6, 6.07) is 2.46. The summed E-state index contributed by atoms with van der Waals surface area (Å²) in [7, 11) is 0. The zero-order chi connectivity index (χ0) is 16.7. The second-order valence-electron chi connectivity index (χ2n) is 6.13. The molecule has 130 valence electrons. The Kier molecular flexibility index (Phi) is 7.53. The smallest absolute Gasteiger partial charge is 0.261 e. The van der Waals surface area contributed by atoms with Crippen LogP contribution in [0.5, 0.6) is 0 Å². The van der Waals surface area contributed by atoms with Gasteiger partial charge in [0.1, 0.15) is 0 Å². The standard InChI is InChI=1S/C18H30N2O2S/c1-4-14(5-2)16(20-8-10-22-11-9-20)13-19-18(21)17-15(6-3)7-12-23-17/h7,12,14,16H,4-6,8-11,13H2,1-3H3,(H,19,21). The van der Waals surface area contributed by atoms with Crippen molar-refractivity contribution in [2.45, 2.75) is 46.1 Å². The molecule has 0 radical (unpaired) electrons. The minimum atomic E-state index is 0.0843. The molecule has 23 heavy (non-hydrogen) atoms. The van der Waals surface area contributed by atoms with Crippen molar-refractivity contribution in [1.82, 2.24) is 10.2 Å². The molecular formula is C18H30N2O2S. The highest BCUT2D eigenvalue weighted by Crippen LogP contribution is 2.21. The fraction of sp³-hybridized carbons (Fsp3) is 0.722. The molecule has 1 amide bonds. The summed E-state index contributed by atoms with van der Waals surface area (Å²) < 4.78 is 5.48. The predicted octanol–water partition coefficient (Wildman–Crippen LogP) is 3.18. The topological polar surface area (TPSA) is 41.6 Å². The van der Waals surface area contributed by atoms with Crippen molar-refractivity contribution in [2.75, 3.05) is 32.8 Å². The summed E-state index contributed by atoms with van der Waals surface area (Å²) in [6.45, 7) is 10.9. The van der Waals surface area contributed by atoms with E-state index in [2.05, 4.69) is 37.1 Å². The van der Waals surface area contributed by atoms with Crippen molar-refractivity contribution >= 4 is 17.2 Å². The highest BCUT2D eigenvalue weighted by atomic mass is 32.1. The fourth-order valence-electron chi connectivity index (χ4n) is 3.43. The first-order chi connectivity index (χ1) is 11.2. The van der Waals surface area contributed by atoms with Crippen LogP contribution in [0.3, 0.4) is 0 Å². The van der Waals surface area contributed by atoms with Gasteiger partial charge in [0, 0.05) is 25.7 Å². The molecule has 1 fully saturated rings. The van der Waals surface area contributed by atoms with Gasteiger partial charge in [-0.2, -0.15) is 0 Å². The van der Waals surface area contributed by atoms with Crippen molar-refractivity contribution in [2.24, 2.45) is 5.92 Å². The summed E-state index contributed by atoms with van der Waals surface area (Å²) in [4.78, 5) is 15.9. The van der Waals surface area contributed by atoms with E-state index >= 15 is 0 Å². The van der Waals surface area contributed by atoms with E-state index in [9.17, 15) is 4.79 Å². The summed E-state index contributed by atoms with van der Waals surface area (Å²) >= 11 is 1.54. The number of aryl methyl sites for hydroxylation is 1. The van der Waals surface area contributed by atoms with E-state index in [0.717, 1.165) is 62.6 Å². The number of carbonyl (C=O) groups is 1. The molecule has 1 aliphatic heterocycles. The fourth-order valence-corrected chi connectivity index (χ4v) is 4.34. The number of nitrogens with zero attached hydrogens (tertiary/aromatic N) is 1. The second-order valence-corrected chi connectivity index (χ2v) is 7.05. The van der Waals surface area contributed by atoms with E-state index < -0.39 is 0 Å². The quantitative estimate of drug-likeness (QED) is 0.791. The first-order valence-corrected chi connectivity index (χ1v) is 9.75. The molecule has 1 aromatic rings. The molecule has 5 heteroatoms. The Morgan fingerprint density at radius 3 is 2.61 bits per heavy atom. The Bertz CT molecular complexity index is 479. The molecule has 1 atom stereocenters. The third-order valence-electron chi connectivity index (χ3n) is 4.91. The Morgan fingerprint density at radius 2 is 2.00 bits per heavy atom. The number of morpholine rings is 1. The molecule has 1 aliphatic rings. The number of carbonyl (C=O) groups excluding carboxylic acids is 1. The zero-order valence-electron chi connectivity index (χ0n) is 14.6. The van der Waals surface area contributed by atoms with Gasteiger partial charge in [-0.15, -0.1) is 11.3 Å². The van der Waals surface area contributed by atoms with Gasteiger partial charge in [0.05, 0.1) is 18.1 Å². The lowest BCUT2D eigenvalue weighted by Gasteiger charge is -2.38. The number of thiophene rings is 1. The largest absolute Gasteiger partial charge is 0.379 e. The van der Waals surface area contributed by atoms with Crippen molar-refractivity contribution in [3.05, 3.63) is 21.9 Å². The number of amides is 1. The monoisotopic (exact) mass is 338 g/mol. The van der Waals surface area contributed by atoms with Crippen LogP contribution in [-0.4, -0.2) is 49.7 Å². The average Bonchev–Trinajstić information content (AvgIpc) is 3.08. The summed E-state index contributed by atoms with van der Waals surface area (Å²) in [5.74, 6) is 0.698. The lowest BCUT2D eigenvalue weighted by molar-refractivity contribution is 0.00192. The van der Waals surface area contributed by atoms with E-state index in [0.29, 0.717) is 12.0 Å². The third-order valence-corrected chi connectivity index (χ3v) is 5.87. The van der Waals surface area contributed by atoms with Crippen molar-refractivity contribution in [3.63, 3.8) is 0 Å². The van der Waals surface area contributed by atoms with E-state index in [1.807, 2.05) is 5.38 Å². The summed E-state index contributed by atoms with van der Waals surface area (Å²) in [6.07, 6.45) is 3.20. The van der Waals surface area contributed by atoms with Crippen LogP contribution in [0.4, 0.5) is 0 Å². The number of hydrogen-bond donors (Lipinski definition) is 1. The van der Waals surface area contributed by atoms with Crippen LogP contribution in [0.2, 0.25) is 0 Å². The molecule has 1 unspecified atom stereocenters. The molecule has 2 heterocycles. The second kappa shape index (κ2) is 9.40. The van der Waals surface area contributed by atoms with Crippen molar-refractivity contribution in [1.29, 1.82) is 0 Å². The minimum Gasteiger partial charge on any atom is -0.379 e. The van der Waals surface area contributed by atoms with Gasteiger partial charge in [-0.05, 0) is 29.3 Å². The zero-order valence-corrected chi connectivity index (χ0v) is 15.5. The molecule has 0 saturated carbocycles. The van der Waals surface area contributed by atoms with Crippen LogP contribution in [0.25, 0.3) is 0 Å². The van der Waals surface area contributed by atoms with Crippen LogP contribution in [0.1, 0.15) is 48.8 Å². The maximum atomic E-state index is 12.5. The Labute approximate surface area is 144 Å². The first-order valence-electron chi connectivity index (χ1n) is 8.87. The molecule has 0 bridgehead atoms. The van der Waals surface area contributed by atoms with E-state index in [4.69, 9.17) is 4.74 Å². The van der Waals surface area contributed by atoms with Gasteiger partial charge in [-0.3, -0.25) is 9.69 Å². The highest BCUT2D eigenvalue weighted by molar-refractivity contribution is 7.12. The van der Waals surface area contributed by atoms with Gasteiger partial charge in [-0.1, -0.05) is 33.6 Å². The Hall–Kier alpha value is -0.910. The van der Waals surface area contributed by atoms with E-state index in [1.54, 1.807) is 11.3 Å². The number of hydrogen-bond acceptors (Lipinski definition) is 4. The van der Waals surface area contributed by atoms with Gasteiger partial charge >= 0.3 is 0 Å². The molecule has 0 aromatic carbocycles. The van der Waals surface area contributed by atoms with Gasteiger partial charge in [0.25, 0.3) is 5.91 Å². The number of rotatable bonds is 8. The molecule has 0 aliphatic carbocycles. The normalized spacial score (nSPS) is 17.4. The summed E-state index contributed by atoms with van der Waals surface area (Å²) in [5, 5.41) is 5.20. The van der Waals surface area contributed by atoms with Gasteiger partial charge in [0.2, 0.25) is 0 Å².